The predicted molar refractivity (Wildman–Crippen MR) is 123 cm³/mol. The van der Waals surface area contributed by atoms with Crippen molar-refractivity contribution in [3.8, 4) is 11.5 Å². The molecule has 1 saturated heterocycles. The van der Waals surface area contributed by atoms with Crippen molar-refractivity contribution in [3.05, 3.63) is 77.9 Å². The van der Waals surface area contributed by atoms with Crippen LogP contribution >= 0.6 is 0 Å². The molecule has 1 fully saturated rings. The van der Waals surface area contributed by atoms with Crippen molar-refractivity contribution in [3.63, 3.8) is 0 Å². The average Bonchev–Trinajstić information content (AvgIpc) is 3.29. The number of hydrogen-bond donors (Lipinski definition) is 0. The standard InChI is InChI=1S/C24H29FN6O2/c1-4-11-29-12-14-30(15-13-29)23(21-10-9-20(32-2)16-22(21)33-3)24-26-27-28-31(24)17-18-5-7-19(25)8-6-18/h4-10,16,23H,1,11-15,17H2,2-3H3/t23-/m1/s1. The van der Waals surface area contributed by atoms with Crippen molar-refractivity contribution in [1.82, 2.24) is 30.0 Å². The van der Waals surface area contributed by atoms with Gasteiger partial charge in [-0.3, -0.25) is 9.80 Å². The number of tetrazole rings is 1. The van der Waals surface area contributed by atoms with Crippen molar-refractivity contribution in [2.75, 3.05) is 46.9 Å². The molecule has 3 aromatic rings. The van der Waals surface area contributed by atoms with E-state index in [1.807, 2.05) is 24.3 Å². The molecule has 4 rings (SSSR count). The summed E-state index contributed by atoms with van der Waals surface area (Å²) in [6.45, 7) is 8.69. The van der Waals surface area contributed by atoms with E-state index >= 15 is 0 Å². The Kier molecular flexibility index (Phi) is 7.31. The molecule has 174 valence electrons. The van der Waals surface area contributed by atoms with E-state index in [-0.39, 0.29) is 11.9 Å². The van der Waals surface area contributed by atoms with Gasteiger partial charge in [0.2, 0.25) is 0 Å². The molecule has 0 unspecified atom stereocenters. The summed E-state index contributed by atoms with van der Waals surface area (Å²) in [5.41, 5.74) is 1.88. The number of hydrogen-bond acceptors (Lipinski definition) is 7. The van der Waals surface area contributed by atoms with Crippen molar-refractivity contribution in [2.24, 2.45) is 0 Å². The van der Waals surface area contributed by atoms with Crippen LogP contribution in [0.2, 0.25) is 0 Å². The molecule has 1 aliphatic rings. The maximum absolute atomic E-state index is 13.4. The number of methoxy groups -OCH3 is 2. The first-order chi connectivity index (χ1) is 16.1. The number of benzene rings is 2. The van der Waals surface area contributed by atoms with Gasteiger partial charge in [-0.1, -0.05) is 18.2 Å². The highest BCUT2D eigenvalue weighted by Gasteiger charge is 2.32. The third kappa shape index (κ3) is 5.20. The fraction of sp³-hybridized carbons (Fsp3) is 0.375. The smallest absolute Gasteiger partial charge is 0.173 e. The molecule has 0 N–H and O–H groups in total. The van der Waals surface area contributed by atoms with Crippen LogP contribution in [-0.4, -0.2) is 77.0 Å². The number of halogens is 1. The summed E-state index contributed by atoms with van der Waals surface area (Å²) in [7, 11) is 3.28. The minimum atomic E-state index is -0.270. The molecule has 0 bridgehead atoms. The summed E-state index contributed by atoms with van der Waals surface area (Å²) in [4.78, 5) is 4.74. The number of nitrogens with zero attached hydrogens (tertiary/aromatic N) is 6. The van der Waals surface area contributed by atoms with Gasteiger partial charge in [-0.15, -0.1) is 11.7 Å². The highest BCUT2D eigenvalue weighted by atomic mass is 19.1. The van der Waals surface area contributed by atoms with Gasteiger partial charge in [0.25, 0.3) is 0 Å². The summed E-state index contributed by atoms with van der Waals surface area (Å²) >= 11 is 0. The third-order valence-electron chi connectivity index (χ3n) is 5.94. The number of aromatic nitrogens is 4. The van der Waals surface area contributed by atoms with Gasteiger partial charge in [0.15, 0.2) is 5.82 Å². The Balaban J connectivity index is 1.71. The van der Waals surface area contributed by atoms with Crippen molar-refractivity contribution < 1.29 is 13.9 Å². The van der Waals surface area contributed by atoms with E-state index in [4.69, 9.17) is 9.47 Å². The predicted octanol–water partition coefficient (Wildman–Crippen LogP) is 2.77. The highest BCUT2D eigenvalue weighted by Crippen LogP contribution is 2.36. The Morgan fingerprint density at radius 1 is 1.06 bits per heavy atom. The Bertz CT molecular complexity index is 1060. The van der Waals surface area contributed by atoms with Crippen LogP contribution in [0.5, 0.6) is 11.5 Å². The molecular formula is C24H29FN6O2. The van der Waals surface area contributed by atoms with Crippen LogP contribution < -0.4 is 9.47 Å². The Hall–Kier alpha value is -3.30. The van der Waals surface area contributed by atoms with Gasteiger partial charge < -0.3 is 9.47 Å². The minimum absolute atomic E-state index is 0.216. The van der Waals surface area contributed by atoms with E-state index in [9.17, 15) is 4.39 Å². The lowest BCUT2D eigenvalue weighted by Gasteiger charge is -2.38. The zero-order valence-corrected chi connectivity index (χ0v) is 19.0. The number of rotatable bonds is 9. The maximum Gasteiger partial charge on any atom is 0.173 e. The van der Waals surface area contributed by atoms with Crippen LogP contribution in [-0.2, 0) is 6.54 Å². The zero-order valence-electron chi connectivity index (χ0n) is 19.0. The molecular weight excluding hydrogens is 423 g/mol. The number of piperazine rings is 1. The quantitative estimate of drug-likeness (QED) is 0.463. The lowest BCUT2D eigenvalue weighted by Crippen LogP contribution is -2.48. The van der Waals surface area contributed by atoms with Crippen molar-refractivity contribution in [1.29, 1.82) is 0 Å². The molecule has 1 aliphatic heterocycles. The third-order valence-corrected chi connectivity index (χ3v) is 5.94. The molecule has 33 heavy (non-hydrogen) atoms. The van der Waals surface area contributed by atoms with Gasteiger partial charge in [-0.05, 0) is 40.3 Å². The monoisotopic (exact) mass is 452 g/mol. The van der Waals surface area contributed by atoms with E-state index in [1.54, 1.807) is 31.0 Å². The summed E-state index contributed by atoms with van der Waals surface area (Å²) in [5, 5.41) is 12.7. The molecule has 0 aliphatic carbocycles. The van der Waals surface area contributed by atoms with E-state index in [0.29, 0.717) is 18.1 Å². The summed E-state index contributed by atoms with van der Waals surface area (Å²) in [6, 6.07) is 12.0. The van der Waals surface area contributed by atoms with E-state index in [2.05, 4.69) is 31.9 Å². The minimum Gasteiger partial charge on any atom is -0.497 e. The highest BCUT2D eigenvalue weighted by molar-refractivity contribution is 5.44. The molecule has 1 aromatic heterocycles. The second-order valence-corrected chi connectivity index (χ2v) is 7.96. The maximum atomic E-state index is 13.4. The van der Waals surface area contributed by atoms with Crippen LogP contribution in [0.25, 0.3) is 0 Å². The van der Waals surface area contributed by atoms with Gasteiger partial charge >= 0.3 is 0 Å². The molecule has 1 atom stereocenters. The Morgan fingerprint density at radius 3 is 2.48 bits per heavy atom. The van der Waals surface area contributed by atoms with Gasteiger partial charge in [-0.25, -0.2) is 9.07 Å². The SMILES string of the molecule is C=CCN1CCN([C@H](c2ccc(OC)cc2OC)c2nnnn2Cc2ccc(F)cc2)CC1. The average molecular weight is 453 g/mol. The first kappa shape index (κ1) is 22.9. The van der Waals surface area contributed by atoms with Gasteiger partial charge in [0.05, 0.1) is 20.8 Å². The van der Waals surface area contributed by atoms with Crippen LogP contribution in [0.1, 0.15) is 23.0 Å². The van der Waals surface area contributed by atoms with Crippen molar-refractivity contribution >= 4 is 0 Å². The van der Waals surface area contributed by atoms with Crippen LogP contribution in [0, 0.1) is 5.82 Å². The molecule has 8 nitrogen and oxygen atoms in total. The van der Waals surface area contributed by atoms with E-state index < -0.39 is 0 Å². The first-order valence-electron chi connectivity index (χ1n) is 10.9. The van der Waals surface area contributed by atoms with Gasteiger partial charge in [-0.2, -0.15) is 0 Å². The number of ether oxygens (including phenoxy) is 2. The molecule has 0 amide bonds. The normalized spacial score (nSPS) is 15.8. The fourth-order valence-corrected chi connectivity index (χ4v) is 4.21. The molecule has 0 spiro atoms. The second-order valence-electron chi connectivity index (χ2n) is 7.96. The molecule has 0 radical (unpaired) electrons. The topological polar surface area (TPSA) is 68.5 Å². The van der Waals surface area contributed by atoms with Crippen molar-refractivity contribution in [2.45, 2.75) is 12.6 Å². The largest absolute Gasteiger partial charge is 0.497 e. The van der Waals surface area contributed by atoms with E-state index in [0.717, 1.165) is 49.6 Å². The lowest BCUT2D eigenvalue weighted by molar-refractivity contribution is 0.111. The zero-order chi connectivity index (χ0) is 23.2. The summed E-state index contributed by atoms with van der Waals surface area (Å²) in [5.74, 6) is 1.87. The lowest BCUT2D eigenvalue weighted by atomic mass is 10.0. The van der Waals surface area contributed by atoms with E-state index in [1.165, 1.54) is 12.1 Å². The summed E-state index contributed by atoms with van der Waals surface area (Å²) in [6.07, 6.45) is 1.93. The van der Waals surface area contributed by atoms with Crippen LogP contribution in [0.4, 0.5) is 4.39 Å². The Labute approximate surface area is 193 Å². The van der Waals surface area contributed by atoms with Crippen LogP contribution in [0.15, 0.2) is 55.1 Å². The van der Waals surface area contributed by atoms with Gasteiger partial charge in [0, 0.05) is 44.4 Å². The molecule has 9 heteroatoms. The Morgan fingerprint density at radius 2 is 1.82 bits per heavy atom. The molecule has 2 heterocycles. The molecule has 2 aromatic carbocycles. The molecule has 0 saturated carbocycles. The van der Waals surface area contributed by atoms with Crippen LogP contribution in [0.3, 0.4) is 0 Å². The fourth-order valence-electron chi connectivity index (χ4n) is 4.21. The second kappa shape index (κ2) is 10.5. The van der Waals surface area contributed by atoms with Gasteiger partial charge in [0.1, 0.15) is 23.4 Å². The summed E-state index contributed by atoms with van der Waals surface area (Å²) < 4.78 is 26.3. The first-order valence-corrected chi connectivity index (χ1v) is 10.9.